The quantitative estimate of drug-likeness (QED) is 0.410. The van der Waals surface area contributed by atoms with E-state index in [1.54, 1.807) is 0 Å². The van der Waals surface area contributed by atoms with Crippen molar-refractivity contribution in [3.05, 3.63) is 0 Å². The van der Waals surface area contributed by atoms with Gasteiger partial charge in [0.1, 0.15) is 12.4 Å². The van der Waals surface area contributed by atoms with Crippen LogP contribution in [0.15, 0.2) is 0 Å². The number of ether oxygens (including phenoxy) is 1. The smallest absolute Gasteiger partial charge is 0.122 e. The molecule has 1 heterocycles. The zero-order valence-corrected chi connectivity index (χ0v) is 9.25. The third-order valence-corrected chi connectivity index (χ3v) is 2.47. The molecule has 1 aliphatic rings. The van der Waals surface area contributed by atoms with Crippen LogP contribution < -0.4 is 0 Å². The van der Waals surface area contributed by atoms with Crippen LogP contribution >= 0.6 is 0 Å². The summed E-state index contributed by atoms with van der Waals surface area (Å²) in [5.41, 5.74) is 0. The van der Waals surface area contributed by atoms with Gasteiger partial charge in [-0.15, -0.1) is 0 Å². The van der Waals surface area contributed by atoms with E-state index in [2.05, 4.69) is 23.8 Å². The topological polar surface area (TPSA) is 39.6 Å². The Kier molecular flexibility index (Phi) is 4.90. The summed E-state index contributed by atoms with van der Waals surface area (Å²) in [6.07, 6.45) is 1.02. The molecule has 0 amide bonds. The lowest BCUT2D eigenvalue weighted by atomic mass is 10.3. The molecule has 4 nitrogen and oxygen atoms in total. The first-order chi connectivity index (χ1) is 6.74. The molecule has 4 heteroatoms. The Hall–Kier alpha value is -0.610. The van der Waals surface area contributed by atoms with Crippen LogP contribution in [-0.4, -0.2) is 62.1 Å². The van der Waals surface area contributed by atoms with Crippen molar-refractivity contribution in [3.8, 4) is 0 Å². The van der Waals surface area contributed by atoms with E-state index in [-0.39, 0.29) is 0 Å². The minimum atomic E-state index is 0.470. The van der Waals surface area contributed by atoms with Crippen LogP contribution in [0.25, 0.3) is 0 Å². The molecule has 1 fully saturated rings. The highest BCUT2D eigenvalue weighted by molar-refractivity contribution is 5.80. The van der Waals surface area contributed by atoms with E-state index >= 15 is 0 Å². The Morgan fingerprint density at radius 2 is 1.93 bits per heavy atom. The number of nitrogens with one attached hydrogen (secondary N) is 1. The van der Waals surface area contributed by atoms with Gasteiger partial charge in [-0.2, -0.15) is 0 Å². The lowest BCUT2D eigenvalue weighted by Crippen LogP contribution is -2.48. The van der Waals surface area contributed by atoms with Crippen molar-refractivity contribution in [1.29, 1.82) is 5.41 Å². The van der Waals surface area contributed by atoms with Gasteiger partial charge >= 0.3 is 0 Å². The number of amidine groups is 1. The molecule has 0 aromatic rings. The number of piperazine rings is 1. The van der Waals surface area contributed by atoms with Crippen LogP contribution in [-0.2, 0) is 4.74 Å². The van der Waals surface area contributed by atoms with Crippen molar-refractivity contribution in [3.63, 3.8) is 0 Å². The van der Waals surface area contributed by atoms with E-state index in [0.717, 1.165) is 39.2 Å². The molecular weight excluding hydrogens is 178 g/mol. The molecule has 1 saturated heterocycles. The Morgan fingerprint density at radius 3 is 2.50 bits per heavy atom. The highest BCUT2D eigenvalue weighted by Crippen LogP contribution is 2.00. The lowest BCUT2D eigenvalue weighted by Gasteiger charge is -2.33. The van der Waals surface area contributed by atoms with Gasteiger partial charge in [-0.25, -0.2) is 0 Å². The van der Waals surface area contributed by atoms with E-state index in [0.29, 0.717) is 12.4 Å². The second kappa shape index (κ2) is 5.98. The standard InChI is InChI=1S/C10H21N3O/c1-3-8-14-9-10(11)13-6-4-12(2)5-7-13/h11H,3-9H2,1-2H3. The van der Waals surface area contributed by atoms with Gasteiger partial charge in [0.15, 0.2) is 0 Å². The van der Waals surface area contributed by atoms with Gasteiger partial charge in [-0.3, -0.25) is 5.41 Å². The lowest BCUT2D eigenvalue weighted by molar-refractivity contribution is 0.151. The van der Waals surface area contributed by atoms with Crippen LogP contribution in [0.4, 0.5) is 0 Å². The van der Waals surface area contributed by atoms with Gasteiger partial charge in [0, 0.05) is 32.8 Å². The highest BCUT2D eigenvalue weighted by Gasteiger charge is 2.15. The average molecular weight is 199 g/mol. The Balaban J connectivity index is 2.17. The van der Waals surface area contributed by atoms with E-state index in [1.807, 2.05) is 0 Å². The minimum absolute atomic E-state index is 0.470. The zero-order valence-electron chi connectivity index (χ0n) is 9.25. The number of rotatable bonds is 4. The first-order valence-corrected chi connectivity index (χ1v) is 5.32. The molecule has 82 valence electrons. The van der Waals surface area contributed by atoms with Crippen LogP contribution in [0.1, 0.15) is 13.3 Å². The Morgan fingerprint density at radius 1 is 1.29 bits per heavy atom. The van der Waals surface area contributed by atoms with Crippen LogP contribution in [0.5, 0.6) is 0 Å². The summed E-state index contributed by atoms with van der Waals surface area (Å²) in [4.78, 5) is 4.40. The third-order valence-electron chi connectivity index (χ3n) is 2.47. The van der Waals surface area contributed by atoms with Crippen molar-refractivity contribution in [1.82, 2.24) is 9.80 Å². The summed E-state index contributed by atoms with van der Waals surface area (Å²) in [5.74, 6) is 0.631. The predicted molar refractivity (Wildman–Crippen MR) is 57.9 cm³/mol. The van der Waals surface area contributed by atoms with Gasteiger partial charge in [0.05, 0.1) is 0 Å². The molecule has 0 radical (unpaired) electrons. The zero-order chi connectivity index (χ0) is 10.4. The molecule has 0 bridgehead atoms. The van der Waals surface area contributed by atoms with Crippen molar-refractivity contribution in [2.24, 2.45) is 0 Å². The van der Waals surface area contributed by atoms with Gasteiger partial charge < -0.3 is 14.5 Å². The molecule has 1 aliphatic heterocycles. The summed E-state index contributed by atoms with van der Waals surface area (Å²) in [5, 5.41) is 7.81. The van der Waals surface area contributed by atoms with Crippen molar-refractivity contribution < 1.29 is 4.74 Å². The molecule has 1 N–H and O–H groups in total. The maximum Gasteiger partial charge on any atom is 0.122 e. The average Bonchev–Trinajstić information content (AvgIpc) is 2.19. The largest absolute Gasteiger partial charge is 0.374 e. The second-order valence-corrected chi connectivity index (χ2v) is 3.79. The fourth-order valence-electron chi connectivity index (χ4n) is 1.48. The molecule has 0 saturated carbocycles. The molecule has 0 aromatic carbocycles. The molecular formula is C10H21N3O. The summed E-state index contributed by atoms with van der Waals surface area (Å²) in [6, 6.07) is 0. The van der Waals surface area contributed by atoms with Crippen molar-refractivity contribution >= 4 is 5.84 Å². The number of likely N-dealkylation sites (N-methyl/N-ethyl adjacent to an activating group) is 1. The van der Waals surface area contributed by atoms with Gasteiger partial charge in [-0.1, -0.05) is 6.92 Å². The van der Waals surface area contributed by atoms with Gasteiger partial charge in [0.2, 0.25) is 0 Å². The molecule has 0 aliphatic carbocycles. The molecule has 1 rings (SSSR count). The van der Waals surface area contributed by atoms with Crippen molar-refractivity contribution in [2.75, 3.05) is 46.4 Å². The number of hydrogen-bond acceptors (Lipinski definition) is 3. The summed E-state index contributed by atoms with van der Waals surface area (Å²) < 4.78 is 5.34. The first-order valence-electron chi connectivity index (χ1n) is 5.32. The fourth-order valence-corrected chi connectivity index (χ4v) is 1.48. The molecule has 0 spiro atoms. The van der Waals surface area contributed by atoms with Crippen LogP contribution in [0.3, 0.4) is 0 Å². The van der Waals surface area contributed by atoms with E-state index in [4.69, 9.17) is 10.1 Å². The summed E-state index contributed by atoms with van der Waals surface area (Å²) in [7, 11) is 2.12. The minimum Gasteiger partial charge on any atom is -0.374 e. The number of nitrogens with zero attached hydrogens (tertiary/aromatic N) is 2. The van der Waals surface area contributed by atoms with Crippen LogP contribution in [0, 0.1) is 5.41 Å². The maximum atomic E-state index is 7.81. The predicted octanol–water partition coefficient (Wildman–Crippen LogP) is 0.638. The molecule has 0 atom stereocenters. The molecule has 14 heavy (non-hydrogen) atoms. The fraction of sp³-hybridized carbons (Fsp3) is 0.900. The Bertz CT molecular complexity index is 176. The van der Waals surface area contributed by atoms with Gasteiger partial charge in [-0.05, 0) is 13.5 Å². The van der Waals surface area contributed by atoms with E-state index in [1.165, 1.54) is 0 Å². The SMILES string of the molecule is CCCOCC(=N)N1CCN(C)CC1. The van der Waals surface area contributed by atoms with Crippen molar-refractivity contribution in [2.45, 2.75) is 13.3 Å². The molecule has 0 aromatic heterocycles. The second-order valence-electron chi connectivity index (χ2n) is 3.79. The Labute approximate surface area is 86.3 Å². The maximum absolute atomic E-state index is 7.81. The normalized spacial score (nSPS) is 18.6. The van der Waals surface area contributed by atoms with E-state index < -0.39 is 0 Å². The molecule has 0 unspecified atom stereocenters. The van der Waals surface area contributed by atoms with Crippen LogP contribution in [0.2, 0.25) is 0 Å². The first kappa shape index (κ1) is 11.5. The van der Waals surface area contributed by atoms with E-state index in [9.17, 15) is 0 Å². The highest BCUT2D eigenvalue weighted by atomic mass is 16.5. The van der Waals surface area contributed by atoms with Gasteiger partial charge in [0.25, 0.3) is 0 Å². The summed E-state index contributed by atoms with van der Waals surface area (Å²) >= 11 is 0. The summed E-state index contributed by atoms with van der Waals surface area (Å²) in [6.45, 7) is 7.34. The number of hydrogen-bond donors (Lipinski definition) is 1. The third kappa shape index (κ3) is 3.64. The monoisotopic (exact) mass is 199 g/mol.